The van der Waals surface area contributed by atoms with Gasteiger partial charge in [-0.3, -0.25) is 4.79 Å². The van der Waals surface area contributed by atoms with Gasteiger partial charge in [-0.15, -0.1) is 6.58 Å². The number of hydrogen-bond donors (Lipinski definition) is 0. The highest BCUT2D eigenvalue weighted by molar-refractivity contribution is 7.07. The normalized spacial score (nSPS) is 21.6. The second kappa shape index (κ2) is 3.96. The van der Waals surface area contributed by atoms with Crippen LogP contribution in [0.5, 0.6) is 0 Å². The fourth-order valence-corrected chi connectivity index (χ4v) is 2.38. The summed E-state index contributed by atoms with van der Waals surface area (Å²) in [6.07, 6.45) is 2.51. The molecule has 0 bridgehead atoms. The Labute approximate surface area is 87.9 Å². The smallest absolute Gasteiger partial charge is 0.223 e. The average molecular weight is 207 g/mol. The molecule has 0 spiro atoms. The summed E-state index contributed by atoms with van der Waals surface area (Å²) in [5.41, 5.74) is 1.23. The molecule has 1 saturated heterocycles. The quantitative estimate of drug-likeness (QED) is 0.696. The van der Waals surface area contributed by atoms with Crippen LogP contribution in [0.2, 0.25) is 0 Å². The van der Waals surface area contributed by atoms with Crippen molar-refractivity contribution in [3.63, 3.8) is 0 Å². The Morgan fingerprint density at radius 2 is 2.57 bits per heavy atom. The predicted octanol–water partition coefficient (Wildman–Crippen LogP) is 2.28. The van der Waals surface area contributed by atoms with E-state index in [9.17, 15) is 4.79 Å². The third kappa shape index (κ3) is 1.87. The van der Waals surface area contributed by atoms with Crippen molar-refractivity contribution in [1.82, 2.24) is 4.90 Å². The first-order chi connectivity index (χ1) is 6.79. The molecule has 2 heterocycles. The van der Waals surface area contributed by atoms with Gasteiger partial charge >= 0.3 is 0 Å². The lowest BCUT2D eigenvalue weighted by molar-refractivity contribution is -0.128. The van der Waals surface area contributed by atoms with Gasteiger partial charge in [-0.25, -0.2) is 0 Å². The van der Waals surface area contributed by atoms with E-state index in [1.54, 1.807) is 11.3 Å². The van der Waals surface area contributed by atoms with Crippen molar-refractivity contribution in [2.75, 3.05) is 6.54 Å². The molecule has 2 nitrogen and oxygen atoms in total. The molecule has 0 radical (unpaired) electrons. The molecule has 1 unspecified atom stereocenters. The van der Waals surface area contributed by atoms with Crippen LogP contribution in [0.1, 0.15) is 12.0 Å². The van der Waals surface area contributed by atoms with Gasteiger partial charge < -0.3 is 4.90 Å². The second-order valence-corrected chi connectivity index (χ2v) is 4.39. The van der Waals surface area contributed by atoms with Gasteiger partial charge in [-0.2, -0.15) is 11.3 Å². The number of hydrogen-bond acceptors (Lipinski definition) is 2. The van der Waals surface area contributed by atoms with E-state index in [2.05, 4.69) is 18.0 Å². The molecule has 1 fully saturated rings. The number of nitrogens with zero attached hydrogens (tertiary/aromatic N) is 1. The molecule has 1 aromatic heterocycles. The van der Waals surface area contributed by atoms with E-state index in [1.807, 2.05) is 16.4 Å². The molecule has 1 aliphatic heterocycles. The van der Waals surface area contributed by atoms with E-state index >= 15 is 0 Å². The summed E-state index contributed by atoms with van der Waals surface area (Å²) < 4.78 is 0. The van der Waals surface area contributed by atoms with Crippen LogP contribution in [-0.4, -0.2) is 17.4 Å². The SMILES string of the molecule is C=CC1CC(=O)N(Cc2ccsc2)C1. The molecule has 74 valence electrons. The first kappa shape index (κ1) is 9.46. The summed E-state index contributed by atoms with van der Waals surface area (Å²) in [5, 5.41) is 4.13. The number of thiophene rings is 1. The molecule has 0 aliphatic carbocycles. The van der Waals surface area contributed by atoms with Crippen molar-refractivity contribution in [3.8, 4) is 0 Å². The topological polar surface area (TPSA) is 20.3 Å². The van der Waals surface area contributed by atoms with Gasteiger partial charge in [0, 0.05) is 25.4 Å². The van der Waals surface area contributed by atoms with Crippen molar-refractivity contribution in [3.05, 3.63) is 35.0 Å². The monoisotopic (exact) mass is 207 g/mol. The van der Waals surface area contributed by atoms with Gasteiger partial charge in [0.25, 0.3) is 0 Å². The van der Waals surface area contributed by atoms with E-state index in [0.717, 1.165) is 13.1 Å². The Hall–Kier alpha value is -1.09. The Bertz CT molecular complexity index is 331. The van der Waals surface area contributed by atoms with Gasteiger partial charge in [0.05, 0.1) is 0 Å². The minimum Gasteiger partial charge on any atom is -0.338 e. The van der Waals surface area contributed by atoms with E-state index in [4.69, 9.17) is 0 Å². The third-order valence-electron chi connectivity index (χ3n) is 2.53. The zero-order valence-electron chi connectivity index (χ0n) is 7.98. The van der Waals surface area contributed by atoms with Gasteiger partial charge in [0.2, 0.25) is 5.91 Å². The molecule has 1 amide bonds. The molecule has 0 saturated carbocycles. The van der Waals surface area contributed by atoms with Crippen LogP contribution in [0.3, 0.4) is 0 Å². The summed E-state index contributed by atoms with van der Waals surface area (Å²) in [4.78, 5) is 13.5. The highest BCUT2D eigenvalue weighted by Crippen LogP contribution is 2.21. The fraction of sp³-hybridized carbons (Fsp3) is 0.364. The number of likely N-dealkylation sites (tertiary alicyclic amines) is 1. The zero-order valence-corrected chi connectivity index (χ0v) is 8.80. The fourth-order valence-electron chi connectivity index (χ4n) is 1.72. The lowest BCUT2D eigenvalue weighted by Gasteiger charge is -2.14. The number of amides is 1. The number of carbonyl (C=O) groups is 1. The Balaban J connectivity index is 1.99. The van der Waals surface area contributed by atoms with Crippen molar-refractivity contribution in [2.45, 2.75) is 13.0 Å². The van der Waals surface area contributed by atoms with Crippen LogP contribution in [-0.2, 0) is 11.3 Å². The highest BCUT2D eigenvalue weighted by Gasteiger charge is 2.27. The number of carbonyl (C=O) groups excluding carboxylic acids is 1. The molecule has 1 aromatic rings. The molecule has 1 atom stereocenters. The van der Waals surface area contributed by atoms with E-state index < -0.39 is 0 Å². The molecule has 0 aromatic carbocycles. The standard InChI is InChI=1S/C11H13NOS/c1-2-9-5-11(13)12(6-9)7-10-3-4-14-8-10/h2-4,8-9H,1,5-7H2. The summed E-state index contributed by atoms with van der Waals surface area (Å²) in [5.74, 6) is 0.599. The predicted molar refractivity (Wildman–Crippen MR) is 58.0 cm³/mol. The highest BCUT2D eigenvalue weighted by atomic mass is 32.1. The van der Waals surface area contributed by atoms with Crippen LogP contribution in [0.4, 0.5) is 0 Å². The van der Waals surface area contributed by atoms with Gasteiger partial charge in [0.15, 0.2) is 0 Å². The van der Waals surface area contributed by atoms with Crippen LogP contribution < -0.4 is 0 Å². The van der Waals surface area contributed by atoms with Gasteiger partial charge in [-0.05, 0) is 22.4 Å². The first-order valence-corrected chi connectivity index (χ1v) is 5.65. The molecule has 2 rings (SSSR count). The second-order valence-electron chi connectivity index (χ2n) is 3.61. The van der Waals surface area contributed by atoms with Gasteiger partial charge in [0.1, 0.15) is 0 Å². The van der Waals surface area contributed by atoms with Crippen LogP contribution in [0.25, 0.3) is 0 Å². The van der Waals surface area contributed by atoms with Gasteiger partial charge in [-0.1, -0.05) is 6.08 Å². The Kier molecular flexibility index (Phi) is 2.68. The molecular formula is C11H13NOS. The summed E-state index contributed by atoms with van der Waals surface area (Å²) >= 11 is 1.67. The summed E-state index contributed by atoms with van der Waals surface area (Å²) in [6.45, 7) is 5.32. The summed E-state index contributed by atoms with van der Waals surface area (Å²) in [7, 11) is 0. The Morgan fingerprint density at radius 1 is 1.71 bits per heavy atom. The summed E-state index contributed by atoms with van der Waals surface area (Å²) in [6, 6.07) is 2.07. The Morgan fingerprint density at radius 3 is 3.14 bits per heavy atom. The molecular weight excluding hydrogens is 194 g/mol. The molecule has 3 heteroatoms. The zero-order chi connectivity index (χ0) is 9.97. The molecule has 14 heavy (non-hydrogen) atoms. The maximum absolute atomic E-state index is 11.6. The number of rotatable bonds is 3. The van der Waals surface area contributed by atoms with E-state index in [-0.39, 0.29) is 5.91 Å². The minimum absolute atomic E-state index is 0.251. The van der Waals surface area contributed by atoms with Crippen molar-refractivity contribution < 1.29 is 4.79 Å². The minimum atomic E-state index is 0.251. The maximum Gasteiger partial charge on any atom is 0.223 e. The van der Waals surface area contributed by atoms with Crippen molar-refractivity contribution >= 4 is 17.2 Å². The van der Waals surface area contributed by atoms with E-state index in [0.29, 0.717) is 12.3 Å². The van der Waals surface area contributed by atoms with Crippen molar-refractivity contribution in [1.29, 1.82) is 0 Å². The maximum atomic E-state index is 11.6. The lowest BCUT2D eigenvalue weighted by atomic mass is 10.1. The van der Waals surface area contributed by atoms with Crippen molar-refractivity contribution in [2.24, 2.45) is 5.92 Å². The average Bonchev–Trinajstić information content (AvgIpc) is 2.78. The largest absolute Gasteiger partial charge is 0.338 e. The first-order valence-electron chi connectivity index (χ1n) is 4.71. The molecule has 1 aliphatic rings. The van der Waals surface area contributed by atoms with Crippen LogP contribution >= 0.6 is 11.3 Å². The molecule has 0 N–H and O–H groups in total. The lowest BCUT2D eigenvalue weighted by Crippen LogP contribution is -2.24. The van der Waals surface area contributed by atoms with E-state index in [1.165, 1.54) is 5.56 Å². The third-order valence-corrected chi connectivity index (χ3v) is 3.26. The van der Waals surface area contributed by atoms with Crippen LogP contribution in [0, 0.1) is 5.92 Å². The van der Waals surface area contributed by atoms with Crippen LogP contribution in [0.15, 0.2) is 29.5 Å².